The SMILES string of the molecule is CC(CN)CN(C)C(=O)CCCc1ccccc1. The predicted octanol–water partition coefficient (Wildman–Crippen LogP) is 2.06. The Labute approximate surface area is 110 Å². The summed E-state index contributed by atoms with van der Waals surface area (Å²) < 4.78 is 0. The van der Waals surface area contributed by atoms with Gasteiger partial charge in [-0.3, -0.25) is 4.79 Å². The maximum absolute atomic E-state index is 11.9. The second-order valence-corrected chi connectivity index (χ2v) is 4.95. The molecular formula is C15H24N2O. The van der Waals surface area contributed by atoms with E-state index in [0.717, 1.165) is 19.4 Å². The first-order chi connectivity index (χ1) is 8.63. The fourth-order valence-corrected chi connectivity index (χ4v) is 1.92. The third-order valence-corrected chi connectivity index (χ3v) is 3.11. The molecule has 0 spiro atoms. The molecule has 100 valence electrons. The van der Waals surface area contributed by atoms with Crippen LogP contribution >= 0.6 is 0 Å². The van der Waals surface area contributed by atoms with Gasteiger partial charge in [0, 0.05) is 20.0 Å². The molecule has 0 aliphatic heterocycles. The summed E-state index contributed by atoms with van der Waals surface area (Å²) in [6.07, 6.45) is 2.49. The molecule has 0 saturated carbocycles. The van der Waals surface area contributed by atoms with Crippen molar-refractivity contribution in [3.8, 4) is 0 Å². The van der Waals surface area contributed by atoms with E-state index in [9.17, 15) is 4.79 Å². The van der Waals surface area contributed by atoms with Gasteiger partial charge >= 0.3 is 0 Å². The predicted molar refractivity (Wildman–Crippen MR) is 75.2 cm³/mol. The van der Waals surface area contributed by atoms with Crippen molar-refractivity contribution in [2.24, 2.45) is 11.7 Å². The van der Waals surface area contributed by atoms with Crippen LogP contribution < -0.4 is 5.73 Å². The highest BCUT2D eigenvalue weighted by molar-refractivity contribution is 5.75. The number of carbonyl (C=O) groups is 1. The number of carbonyl (C=O) groups excluding carboxylic acids is 1. The number of hydrogen-bond acceptors (Lipinski definition) is 2. The van der Waals surface area contributed by atoms with Crippen molar-refractivity contribution in [3.05, 3.63) is 35.9 Å². The van der Waals surface area contributed by atoms with E-state index in [2.05, 4.69) is 19.1 Å². The van der Waals surface area contributed by atoms with Gasteiger partial charge in [-0.05, 0) is 30.9 Å². The molecule has 0 heterocycles. The standard InChI is InChI=1S/C15H24N2O/c1-13(11-16)12-17(2)15(18)10-6-9-14-7-4-3-5-8-14/h3-5,7-8,13H,6,9-12,16H2,1-2H3. The van der Waals surface area contributed by atoms with Crippen LogP contribution in [0.25, 0.3) is 0 Å². The van der Waals surface area contributed by atoms with Crippen LogP contribution in [0.15, 0.2) is 30.3 Å². The molecule has 0 fully saturated rings. The van der Waals surface area contributed by atoms with Gasteiger partial charge in [-0.2, -0.15) is 0 Å². The summed E-state index contributed by atoms with van der Waals surface area (Å²) >= 11 is 0. The maximum atomic E-state index is 11.9. The van der Waals surface area contributed by atoms with Gasteiger partial charge < -0.3 is 10.6 Å². The zero-order chi connectivity index (χ0) is 13.4. The molecule has 0 aliphatic carbocycles. The van der Waals surface area contributed by atoms with Crippen molar-refractivity contribution >= 4 is 5.91 Å². The van der Waals surface area contributed by atoms with Crippen molar-refractivity contribution < 1.29 is 4.79 Å². The third kappa shape index (κ3) is 5.32. The highest BCUT2D eigenvalue weighted by Gasteiger charge is 2.11. The molecule has 1 rings (SSSR count). The number of nitrogens with two attached hydrogens (primary N) is 1. The van der Waals surface area contributed by atoms with Crippen molar-refractivity contribution in [2.75, 3.05) is 20.1 Å². The summed E-state index contributed by atoms with van der Waals surface area (Å²) in [5.74, 6) is 0.583. The van der Waals surface area contributed by atoms with E-state index >= 15 is 0 Å². The zero-order valence-electron chi connectivity index (χ0n) is 11.4. The Kier molecular flexibility index (Phi) is 6.44. The molecule has 0 aromatic heterocycles. The van der Waals surface area contributed by atoms with Crippen molar-refractivity contribution in [3.63, 3.8) is 0 Å². The Hall–Kier alpha value is -1.35. The van der Waals surface area contributed by atoms with Gasteiger partial charge in [-0.15, -0.1) is 0 Å². The molecule has 0 radical (unpaired) electrons. The minimum Gasteiger partial charge on any atom is -0.345 e. The van der Waals surface area contributed by atoms with Crippen molar-refractivity contribution in [2.45, 2.75) is 26.2 Å². The first-order valence-corrected chi connectivity index (χ1v) is 6.61. The van der Waals surface area contributed by atoms with Crippen LogP contribution in [-0.2, 0) is 11.2 Å². The highest BCUT2D eigenvalue weighted by atomic mass is 16.2. The van der Waals surface area contributed by atoms with E-state index in [0.29, 0.717) is 18.9 Å². The average Bonchev–Trinajstić information content (AvgIpc) is 2.39. The Morgan fingerprint density at radius 2 is 2.00 bits per heavy atom. The summed E-state index contributed by atoms with van der Waals surface area (Å²) in [7, 11) is 1.86. The van der Waals surface area contributed by atoms with Crippen LogP contribution in [0.1, 0.15) is 25.3 Å². The van der Waals surface area contributed by atoms with Gasteiger partial charge in [0.2, 0.25) is 5.91 Å². The van der Waals surface area contributed by atoms with E-state index in [1.807, 2.05) is 25.2 Å². The van der Waals surface area contributed by atoms with Gasteiger partial charge in [-0.1, -0.05) is 37.3 Å². The average molecular weight is 248 g/mol. The quantitative estimate of drug-likeness (QED) is 0.803. The molecule has 0 aliphatic rings. The number of aryl methyl sites for hydroxylation is 1. The number of nitrogens with zero attached hydrogens (tertiary/aromatic N) is 1. The first-order valence-electron chi connectivity index (χ1n) is 6.61. The maximum Gasteiger partial charge on any atom is 0.222 e. The molecule has 1 atom stereocenters. The minimum absolute atomic E-state index is 0.214. The molecule has 0 bridgehead atoms. The highest BCUT2D eigenvalue weighted by Crippen LogP contribution is 2.06. The van der Waals surface area contributed by atoms with E-state index in [1.54, 1.807) is 4.90 Å². The van der Waals surface area contributed by atoms with E-state index in [-0.39, 0.29) is 5.91 Å². The normalized spacial score (nSPS) is 12.2. The lowest BCUT2D eigenvalue weighted by Gasteiger charge is -2.20. The van der Waals surface area contributed by atoms with Gasteiger partial charge in [0.15, 0.2) is 0 Å². The minimum atomic E-state index is 0.214. The molecule has 1 aromatic carbocycles. The van der Waals surface area contributed by atoms with Crippen LogP contribution in [0.5, 0.6) is 0 Å². The van der Waals surface area contributed by atoms with Gasteiger partial charge in [0.1, 0.15) is 0 Å². The molecular weight excluding hydrogens is 224 g/mol. The topological polar surface area (TPSA) is 46.3 Å². The summed E-state index contributed by atoms with van der Waals surface area (Å²) in [4.78, 5) is 13.7. The number of hydrogen-bond donors (Lipinski definition) is 1. The van der Waals surface area contributed by atoms with Gasteiger partial charge in [0.25, 0.3) is 0 Å². The van der Waals surface area contributed by atoms with E-state index in [4.69, 9.17) is 5.73 Å². The second-order valence-electron chi connectivity index (χ2n) is 4.95. The number of rotatable bonds is 7. The van der Waals surface area contributed by atoms with Crippen LogP contribution in [0.3, 0.4) is 0 Å². The molecule has 1 amide bonds. The zero-order valence-corrected chi connectivity index (χ0v) is 11.4. The summed E-state index contributed by atoms with van der Waals surface area (Å²) in [6, 6.07) is 10.3. The Balaban J connectivity index is 2.24. The van der Waals surface area contributed by atoms with Gasteiger partial charge in [-0.25, -0.2) is 0 Å². The lowest BCUT2D eigenvalue weighted by Crippen LogP contribution is -2.33. The first kappa shape index (κ1) is 14.7. The summed E-state index contributed by atoms with van der Waals surface area (Å²) in [6.45, 7) is 3.44. The number of benzene rings is 1. The molecule has 18 heavy (non-hydrogen) atoms. The Morgan fingerprint density at radius 3 is 2.61 bits per heavy atom. The molecule has 1 unspecified atom stereocenters. The lowest BCUT2D eigenvalue weighted by atomic mass is 10.1. The van der Waals surface area contributed by atoms with Crippen molar-refractivity contribution in [1.82, 2.24) is 4.90 Å². The van der Waals surface area contributed by atoms with Gasteiger partial charge in [0.05, 0.1) is 0 Å². The third-order valence-electron chi connectivity index (χ3n) is 3.11. The molecule has 2 N–H and O–H groups in total. The Morgan fingerprint density at radius 1 is 1.33 bits per heavy atom. The van der Waals surface area contributed by atoms with Crippen LogP contribution in [0.2, 0.25) is 0 Å². The fraction of sp³-hybridized carbons (Fsp3) is 0.533. The number of amides is 1. The molecule has 3 heteroatoms. The second kappa shape index (κ2) is 7.88. The Bertz CT molecular complexity index is 351. The van der Waals surface area contributed by atoms with Crippen molar-refractivity contribution in [1.29, 1.82) is 0 Å². The molecule has 3 nitrogen and oxygen atoms in total. The monoisotopic (exact) mass is 248 g/mol. The van der Waals surface area contributed by atoms with Crippen LogP contribution in [0, 0.1) is 5.92 Å². The van der Waals surface area contributed by atoms with Crippen LogP contribution in [0.4, 0.5) is 0 Å². The smallest absolute Gasteiger partial charge is 0.222 e. The van der Waals surface area contributed by atoms with E-state index in [1.165, 1.54) is 5.56 Å². The fourth-order valence-electron chi connectivity index (χ4n) is 1.92. The van der Waals surface area contributed by atoms with Crippen LogP contribution in [-0.4, -0.2) is 30.9 Å². The summed E-state index contributed by atoms with van der Waals surface area (Å²) in [5, 5.41) is 0. The lowest BCUT2D eigenvalue weighted by molar-refractivity contribution is -0.130. The molecule has 0 saturated heterocycles. The largest absolute Gasteiger partial charge is 0.345 e. The van der Waals surface area contributed by atoms with E-state index < -0.39 is 0 Å². The summed E-state index contributed by atoms with van der Waals surface area (Å²) in [5.41, 5.74) is 6.85. The molecule has 1 aromatic rings.